The molecule has 10 nitrogen and oxygen atoms in total. The molecule has 3 rings (SSSR count). The van der Waals surface area contributed by atoms with E-state index in [1.165, 1.54) is 48.5 Å². The minimum atomic E-state index is -1.24. The van der Waals surface area contributed by atoms with Crippen LogP contribution in [-0.2, 0) is 0 Å². The van der Waals surface area contributed by atoms with Crippen LogP contribution in [0.2, 0.25) is 0 Å². The first-order chi connectivity index (χ1) is 13.3. The Bertz CT molecular complexity index is 1020. The van der Waals surface area contributed by atoms with E-state index in [0.717, 1.165) is 0 Å². The number of nitrogens with zero attached hydrogens (tertiary/aromatic N) is 3. The highest BCUT2D eigenvalue weighted by Crippen LogP contribution is 2.55. The van der Waals surface area contributed by atoms with Gasteiger partial charge in [0.1, 0.15) is 11.1 Å². The van der Waals surface area contributed by atoms with Crippen molar-refractivity contribution in [3.63, 3.8) is 0 Å². The number of phenols is 1. The molecule has 0 aromatic heterocycles. The molecule has 0 saturated carbocycles. The van der Waals surface area contributed by atoms with Crippen molar-refractivity contribution >= 4 is 17.1 Å². The quantitative estimate of drug-likeness (QED) is 0.506. The third kappa shape index (κ3) is 2.98. The Balaban J connectivity index is 2.63. The molecule has 0 unspecified atom stereocenters. The molecule has 140 valence electrons. The van der Waals surface area contributed by atoms with Crippen LogP contribution in [0.3, 0.4) is 0 Å². The van der Waals surface area contributed by atoms with Crippen LogP contribution in [-0.4, -0.2) is 19.9 Å². The van der Waals surface area contributed by atoms with Crippen molar-refractivity contribution in [3.05, 3.63) is 91.0 Å². The van der Waals surface area contributed by atoms with Crippen LogP contribution in [0, 0.1) is 30.3 Å². The summed E-state index contributed by atoms with van der Waals surface area (Å²) in [4.78, 5) is 32.1. The number of phenolic OH excluding ortho intramolecular Hbond substituents is 1. The van der Waals surface area contributed by atoms with Gasteiger partial charge in [0.05, 0.1) is 14.8 Å². The van der Waals surface area contributed by atoms with Gasteiger partial charge < -0.3 is 5.11 Å². The van der Waals surface area contributed by atoms with E-state index in [0.29, 0.717) is 0 Å². The molecule has 0 spiro atoms. The molecule has 0 bridgehead atoms. The number of nitro benzene ring substituents is 3. The molecule has 0 amide bonds. The molecule has 0 atom stereocenters. The van der Waals surface area contributed by atoms with Crippen LogP contribution in [0.5, 0.6) is 5.75 Å². The van der Waals surface area contributed by atoms with Gasteiger partial charge in [-0.25, -0.2) is 0 Å². The molecule has 0 fully saturated rings. The zero-order valence-electron chi connectivity index (χ0n) is 14.0. The first-order valence-corrected chi connectivity index (χ1v) is 7.81. The number of hydrogen-bond acceptors (Lipinski definition) is 7. The number of hydrogen-bond donors (Lipinski definition) is 1. The van der Waals surface area contributed by atoms with E-state index in [2.05, 4.69) is 0 Å². The molecular weight excluding hydrogens is 370 g/mol. The van der Waals surface area contributed by atoms with Crippen molar-refractivity contribution in [1.29, 1.82) is 0 Å². The van der Waals surface area contributed by atoms with E-state index in [9.17, 15) is 35.4 Å². The first-order valence-electron chi connectivity index (χ1n) is 7.81. The third-order valence-corrected chi connectivity index (χ3v) is 4.07. The fourth-order valence-corrected chi connectivity index (χ4v) is 2.99. The fourth-order valence-electron chi connectivity index (χ4n) is 2.99. The maximum absolute atomic E-state index is 11.9. The highest BCUT2D eigenvalue weighted by Gasteiger charge is 2.43. The highest BCUT2D eigenvalue weighted by atomic mass is 16.6. The summed E-state index contributed by atoms with van der Waals surface area (Å²) in [6.07, 6.45) is 0. The molecular formula is C18H11N3O7. The van der Waals surface area contributed by atoms with Gasteiger partial charge in [-0.1, -0.05) is 60.7 Å². The average Bonchev–Trinajstić information content (AvgIpc) is 2.67. The van der Waals surface area contributed by atoms with Crippen LogP contribution >= 0.6 is 0 Å². The Morgan fingerprint density at radius 1 is 0.571 bits per heavy atom. The normalized spacial score (nSPS) is 10.4. The summed E-state index contributed by atoms with van der Waals surface area (Å²) in [5.41, 5.74) is -3.87. The van der Waals surface area contributed by atoms with Gasteiger partial charge in [-0.05, 0) is 11.1 Å². The second-order valence-corrected chi connectivity index (χ2v) is 5.65. The maximum atomic E-state index is 11.9. The lowest BCUT2D eigenvalue weighted by atomic mass is 9.92. The monoisotopic (exact) mass is 381 g/mol. The second-order valence-electron chi connectivity index (χ2n) is 5.65. The van der Waals surface area contributed by atoms with E-state index < -0.39 is 48.7 Å². The topological polar surface area (TPSA) is 150 Å². The molecule has 0 aliphatic carbocycles. The molecule has 0 heterocycles. The van der Waals surface area contributed by atoms with Gasteiger partial charge in [-0.2, -0.15) is 0 Å². The standard InChI is InChI=1S/C18H11N3O7/c22-18-16(20(25)26)13(11-7-3-1-4-8-11)15(19(23)24)14(17(18)21(27)28)12-9-5-2-6-10-12/h1-10,22H. The van der Waals surface area contributed by atoms with Crippen LogP contribution in [0.1, 0.15) is 0 Å². The summed E-state index contributed by atoms with van der Waals surface area (Å²) >= 11 is 0. The lowest BCUT2D eigenvalue weighted by Gasteiger charge is -2.12. The third-order valence-electron chi connectivity index (χ3n) is 4.07. The number of nitro groups is 3. The SMILES string of the molecule is O=[N+]([O-])c1c(O)c([N+](=O)[O-])c(-c2ccccc2)c([N+](=O)[O-])c1-c1ccccc1. The first kappa shape index (κ1) is 18.5. The maximum Gasteiger partial charge on any atom is 0.332 e. The zero-order valence-corrected chi connectivity index (χ0v) is 14.0. The largest absolute Gasteiger partial charge is 0.497 e. The minimum absolute atomic E-state index is 0.0725. The van der Waals surface area contributed by atoms with Crippen molar-refractivity contribution in [2.75, 3.05) is 0 Å². The Morgan fingerprint density at radius 2 is 0.893 bits per heavy atom. The van der Waals surface area contributed by atoms with E-state index in [1.807, 2.05) is 0 Å². The summed E-state index contributed by atoms with van der Waals surface area (Å²) in [5, 5.41) is 45.6. The number of benzene rings is 3. The summed E-state index contributed by atoms with van der Waals surface area (Å²) < 4.78 is 0. The molecule has 28 heavy (non-hydrogen) atoms. The molecule has 0 aliphatic rings. The van der Waals surface area contributed by atoms with Crippen LogP contribution in [0.4, 0.5) is 17.1 Å². The van der Waals surface area contributed by atoms with Gasteiger partial charge in [0.15, 0.2) is 0 Å². The Labute approximate surface area is 156 Å². The van der Waals surface area contributed by atoms with Gasteiger partial charge in [0, 0.05) is 0 Å². The minimum Gasteiger partial charge on any atom is -0.497 e. The van der Waals surface area contributed by atoms with Crippen molar-refractivity contribution in [3.8, 4) is 28.0 Å². The average molecular weight is 381 g/mol. The molecule has 1 N–H and O–H groups in total. The smallest absolute Gasteiger partial charge is 0.332 e. The highest BCUT2D eigenvalue weighted by molar-refractivity contribution is 5.99. The van der Waals surface area contributed by atoms with Crippen LogP contribution in [0.15, 0.2) is 60.7 Å². The lowest BCUT2D eigenvalue weighted by Crippen LogP contribution is -2.05. The van der Waals surface area contributed by atoms with Gasteiger partial charge >= 0.3 is 11.4 Å². The molecule has 0 radical (unpaired) electrons. The van der Waals surface area contributed by atoms with Gasteiger partial charge in [-0.3, -0.25) is 30.3 Å². The van der Waals surface area contributed by atoms with Crippen molar-refractivity contribution in [2.45, 2.75) is 0 Å². The van der Waals surface area contributed by atoms with Crippen LogP contribution in [0.25, 0.3) is 22.3 Å². The lowest BCUT2D eigenvalue weighted by molar-refractivity contribution is -0.402. The summed E-state index contributed by atoms with van der Waals surface area (Å²) in [5.74, 6) is -1.24. The van der Waals surface area contributed by atoms with E-state index in [-0.39, 0.29) is 11.1 Å². The van der Waals surface area contributed by atoms with Crippen molar-refractivity contribution < 1.29 is 19.9 Å². The molecule has 0 saturated heterocycles. The fraction of sp³-hybridized carbons (Fsp3) is 0. The van der Waals surface area contributed by atoms with E-state index in [1.54, 1.807) is 12.1 Å². The molecule has 3 aromatic rings. The second kappa shape index (κ2) is 7.11. The van der Waals surface area contributed by atoms with Gasteiger partial charge in [0.2, 0.25) is 0 Å². The van der Waals surface area contributed by atoms with Gasteiger partial charge in [-0.15, -0.1) is 0 Å². The summed E-state index contributed by atoms with van der Waals surface area (Å²) in [7, 11) is 0. The predicted molar refractivity (Wildman–Crippen MR) is 98.9 cm³/mol. The molecule has 0 aliphatic heterocycles. The number of aromatic hydroxyl groups is 1. The Morgan fingerprint density at radius 3 is 1.18 bits per heavy atom. The number of rotatable bonds is 5. The van der Waals surface area contributed by atoms with E-state index >= 15 is 0 Å². The summed E-state index contributed by atoms with van der Waals surface area (Å²) in [6, 6.07) is 14.8. The van der Waals surface area contributed by atoms with Gasteiger partial charge in [0.25, 0.3) is 11.4 Å². The Hall–Kier alpha value is -4.34. The zero-order chi connectivity index (χ0) is 20.4. The Kier molecular flexibility index (Phi) is 4.69. The van der Waals surface area contributed by atoms with Crippen molar-refractivity contribution in [1.82, 2.24) is 0 Å². The van der Waals surface area contributed by atoms with Crippen LogP contribution < -0.4 is 0 Å². The molecule has 3 aromatic carbocycles. The summed E-state index contributed by atoms with van der Waals surface area (Å²) in [6.45, 7) is 0. The van der Waals surface area contributed by atoms with E-state index in [4.69, 9.17) is 0 Å². The predicted octanol–water partition coefficient (Wildman–Crippen LogP) is 4.45. The molecule has 10 heteroatoms. The van der Waals surface area contributed by atoms with Crippen molar-refractivity contribution in [2.24, 2.45) is 0 Å².